The van der Waals surface area contributed by atoms with Crippen LogP contribution < -0.4 is 11.1 Å². The normalized spacial score (nSPS) is 14.4. The Balaban J connectivity index is 1.35. The summed E-state index contributed by atoms with van der Waals surface area (Å²) in [5.74, 6) is -0.888. The van der Waals surface area contributed by atoms with E-state index in [0.717, 1.165) is 34.5 Å². The maximum atomic E-state index is 13.3. The molecule has 4 rings (SSSR count). The molecule has 0 saturated heterocycles. The number of fused-ring (bicyclic) bond motifs is 3. The van der Waals surface area contributed by atoms with Crippen LogP contribution in [0.3, 0.4) is 0 Å². The molecule has 0 radical (unpaired) electrons. The maximum Gasteiger partial charge on any atom is 0.407 e. The summed E-state index contributed by atoms with van der Waals surface area (Å²) < 4.78 is 18.7. The molecule has 160 valence electrons. The zero-order chi connectivity index (χ0) is 22.0. The quantitative estimate of drug-likeness (QED) is 0.484. The summed E-state index contributed by atoms with van der Waals surface area (Å²) in [6, 6.07) is 16.9. The first kappa shape index (κ1) is 20.8. The molecule has 7 nitrogen and oxygen atoms in total. The second kappa shape index (κ2) is 8.71. The molecule has 0 spiro atoms. The number of aliphatic hydroxyl groups is 2. The Morgan fingerprint density at radius 2 is 1.74 bits per heavy atom. The fraction of sp³-hybridized carbons (Fsp3) is 0.217. The molecular formula is C23H22FN3O4. The molecule has 1 aromatic heterocycles. The van der Waals surface area contributed by atoms with Gasteiger partial charge < -0.3 is 26.0 Å². The fourth-order valence-corrected chi connectivity index (χ4v) is 3.86. The van der Waals surface area contributed by atoms with Crippen molar-refractivity contribution in [3.8, 4) is 11.1 Å². The number of anilines is 1. The number of rotatable bonds is 6. The second-order valence-electron chi connectivity index (χ2n) is 7.35. The van der Waals surface area contributed by atoms with Gasteiger partial charge in [0.1, 0.15) is 30.4 Å². The van der Waals surface area contributed by atoms with E-state index in [0.29, 0.717) is 0 Å². The molecule has 31 heavy (non-hydrogen) atoms. The van der Waals surface area contributed by atoms with E-state index in [2.05, 4.69) is 10.3 Å². The van der Waals surface area contributed by atoms with E-state index >= 15 is 0 Å². The molecule has 1 amide bonds. The van der Waals surface area contributed by atoms with Gasteiger partial charge in [-0.2, -0.15) is 0 Å². The summed E-state index contributed by atoms with van der Waals surface area (Å²) in [5, 5.41) is 22.8. The van der Waals surface area contributed by atoms with Gasteiger partial charge in [0.05, 0.1) is 6.20 Å². The molecule has 0 saturated carbocycles. The lowest BCUT2D eigenvalue weighted by molar-refractivity contribution is 0.0186. The SMILES string of the molecule is Nc1ncc(F)cc1C(O)C(O)CNC(=O)OCC1c2ccccc2-c2ccccc21. The molecule has 1 heterocycles. The first-order valence-corrected chi connectivity index (χ1v) is 9.81. The number of amides is 1. The van der Waals surface area contributed by atoms with Crippen LogP contribution in [-0.4, -0.2) is 40.5 Å². The number of aromatic nitrogens is 1. The number of carbonyl (C=O) groups excluding carboxylic acids is 1. The average molecular weight is 423 g/mol. The molecule has 5 N–H and O–H groups in total. The number of ether oxygens (including phenoxy) is 1. The van der Waals surface area contributed by atoms with Crippen LogP contribution in [0, 0.1) is 5.82 Å². The topological polar surface area (TPSA) is 118 Å². The number of hydrogen-bond acceptors (Lipinski definition) is 6. The summed E-state index contributed by atoms with van der Waals surface area (Å²) in [4.78, 5) is 15.8. The summed E-state index contributed by atoms with van der Waals surface area (Å²) in [5.41, 5.74) is 9.97. The van der Waals surface area contributed by atoms with Crippen molar-refractivity contribution in [3.05, 3.63) is 83.3 Å². The Morgan fingerprint density at radius 1 is 1.13 bits per heavy atom. The van der Waals surface area contributed by atoms with Gasteiger partial charge in [0.2, 0.25) is 0 Å². The maximum absolute atomic E-state index is 13.3. The molecule has 2 atom stereocenters. The second-order valence-corrected chi connectivity index (χ2v) is 7.35. The highest BCUT2D eigenvalue weighted by Crippen LogP contribution is 2.44. The van der Waals surface area contributed by atoms with Gasteiger partial charge in [-0.05, 0) is 28.3 Å². The van der Waals surface area contributed by atoms with Crippen molar-refractivity contribution < 1.29 is 24.1 Å². The van der Waals surface area contributed by atoms with Crippen molar-refractivity contribution in [3.63, 3.8) is 0 Å². The number of aliphatic hydroxyl groups excluding tert-OH is 2. The Labute approximate surface area is 178 Å². The number of halogens is 1. The van der Waals surface area contributed by atoms with Crippen molar-refractivity contribution in [2.45, 2.75) is 18.1 Å². The third-order valence-electron chi connectivity index (χ3n) is 5.40. The summed E-state index contributed by atoms with van der Waals surface area (Å²) in [7, 11) is 0. The van der Waals surface area contributed by atoms with Crippen LogP contribution in [0.5, 0.6) is 0 Å². The number of nitrogens with one attached hydrogen (secondary N) is 1. The molecule has 0 fully saturated rings. The summed E-state index contributed by atoms with van der Waals surface area (Å²) in [6.45, 7) is -0.187. The van der Waals surface area contributed by atoms with Gasteiger partial charge in [-0.3, -0.25) is 0 Å². The predicted octanol–water partition coefficient (Wildman–Crippen LogP) is 2.74. The highest BCUT2D eigenvalue weighted by atomic mass is 19.1. The van der Waals surface area contributed by atoms with E-state index in [9.17, 15) is 19.4 Å². The number of nitrogens with two attached hydrogens (primary N) is 1. The van der Waals surface area contributed by atoms with Gasteiger partial charge in [-0.1, -0.05) is 48.5 Å². The number of alkyl carbamates (subject to hydrolysis) is 1. The van der Waals surface area contributed by atoms with E-state index in [4.69, 9.17) is 10.5 Å². The molecule has 8 heteroatoms. The minimum Gasteiger partial charge on any atom is -0.449 e. The molecule has 3 aromatic rings. The molecule has 1 aliphatic rings. The predicted molar refractivity (Wildman–Crippen MR) is 113 cm³/mol. The van der Waals surface area contributed by atoms with E-state index in [1.165, 1.54) is 0 Å². The number of carbonyl (C=O) groups is 1. The number of nitrogen functional groups attached to an aromatic ring is 1. The van der Waals surface area contributed by atoms with E-state index in [1.54, 1.807) is 0 Å². The lowest BCUT2D eigenvalue weighted by atomic mass is 9.98. The third-order valence-corrected chi connectivity index (χ3v) is 5.40. The monoisotopic (exact) mass is 423 g/mol. The molecule has 1 aliphatic carbocycles. The third kappa shape index (κ3) is 4.21. The Hall–Kier alpha value is -3.49. The van der Waals surface area contributed by atoms with Gasteiger partial charge in [-0.15, -0.1) is 0 Å². The average Bonchev–Trinajstić information content (AvgIpc) is 3.11. The van der Waals surface area contributed by atoms with E-state index in [-0.39, 0.29) is 30.5 Å². The smallest absolute Gasteiger partial charge is 0.407 e. The highest BCUT2D eigenvalue weighted by molar-refractivity contribution is 5.79. The van der Waals surface area contributed by atoms with Crippen molar-refractivity contribution in [2.75, 3.05) is 18.9 Å². The number of hydrogen-bond donors (Lipinski definition) is 4. The summed E-state index contributed by atoms with van der Waals surface area (Å²) in [6.07, 6.45) is -2.77. The van der Waals surface area contributed by atoms with Crippen molar-refractivity contribution in [2.24, 2.45) is 0 Å². The Kier molecular flexibility index (Phi) is 5.83. The van der Waals surface area contributed by atoms with Crippen molar-refractivity contribution in [1.29, 1.82) is 0 Å². The first-order valence-electron chi connectivity index (χ1n) is 9.81. The van der Waals surface area contributed by atoms with Gasteiger partial charge in [0.25, 0.3) is 0 Å². The largest absolute Gasteiger partial charge is 0.449 e. The van der Waals surface area contributed by atoms with E-state index in [1.807, 2.05) is 48.5 Å². The standard InChI is InChI=1S/C23H22FN3O4/c24-13-9-18(22(25)26-10-13)21(29)20(28)11-27-23(30)31-12-19-16-7-3-1-5-14(16)15-6-2-4-8-17(15)19/h1-10,19-21,28-29H,11-12H2,(H2,25,26)(H,27,30). The van der Waals surface area contributed by atoms with Gasteiger partial charge >= 0.3 is 6.09 Å². The van der Waals surface area contributed by atoms with Gasteiger partial charge in [0, 0.05) is 18.0 Å². The van der Waals surface area contributed by atoms with Crippen LogP contribution in [0.2, 0.25) is 0 Å². The highest BCUT2D eigenvalue weighted by Gasteiger charge is 2.29. The van der Waals surface area contributed by atoms with Crippen molar-refractivity contribution >= 4 is 11.9 Å². The molecule has 0 aliphatic heterocycles. The van der Waals surface area contributed by atoms with Crippen LogP contribution in [0.1, 0.15) is 28.7 Å². The summed E-state index contributed by atoms with van der Waals surface area (Å²) >= 11 is 0. The molecule has 2 aromatic carbocycles. The van der Waals surface area contributed by atoms with E-state index < -0.39 is 24.1 Å². The number of pyridine rings is 1. The van der Waals surface area contributed by atoms with Crippen molar-refractivity contribution in [1.82, 2.24) is 10.3 Å². The number of benzene rings is 2. The van der Waals surface area contributed by atoms with Crippen LogP contribution in [0.25, 0.3) is 11.1 Å². The minimum atomic E-state index is -1.52. The number of nitrogens with zero attached hydrogens (tertiary/aromatic N) is 1. The lowest BCUT2D eigenvalue weighted by Crippen LogP contribution is -2.36. The van der Waals surface area contributed by atoms with Gasteiger partial charge in [-0.25, -0.2) is 14.2 Å². The van der Waals surface area contributed by atoms with Crippen LogP contribution in [0.4, 0.5) is 15.0 Å². The first-order chi connectivity index (χ1) is 15.0. The fourth-order valence-electron chi connectivity index (χ4n) is 3.86. The lowest BCUT2D eigenvalue weighted by Gasteiger charge is -2.20. The van der Waals surface area contributed by atoms with Crippen LogP contribution >= 0.6 is 0 Å². The molecular weight excluding hydrogens is 401 g/mol. The zero-order valence-corrected chi connectivity index (χ0v) is 16.5. The van der Waals surface area contributed by atoms with Crippen LogP contribution in [-0.2, 0) is 4.74 Å². The Bertz CT molecular complexity index is 1060. The van der Waals surface area contributed by atoms with Gasteiger partial charge in [0.15, 0.2) is 0 Å². The molecule has 2 unspecified atom stereocenters. The minimum absolute atomic E-state index is 0.0539. The Morgan fingerprint density at radius 3 is 2.39 bits per heavy atom. The molecule has 0 bridgehead atoms. The zero-order valence-electron chi connectivity index (χ0n) is 16.5. The van der Waals surface area contributed by atoms with Crippen LogP contribution in [0.15, 0.2) is 60.8 Å².